The zero-order valence-electron chi connectivity index (χ0n) is 24.9. The Morgan fingerprint density at radius 1 is 0.705 bits per heavy atom. The third-order valence-corrected chi connectivity index (χ3v) is 8.23. The van der Waals surface area contributed by atoms with E-state index in [1.54, 1.807) is 68.4 Å². The minimum Gasteiger partial charge on any atom is -0.313 e. The first-order valence-electron chi connectivity index (χ1n) is 14.3. The van der Waals surface area contributed by atoms with Crippen LogP contribution in [0.4, 0.5) is 5.69 Å². The summed E-state index contributed by atoms with van der Waals surface area (Å²) in [4.78, 5) is 47.3. The molecule has 1 aliphatic rings. The molecule has 0 radical (unpaired) electrons. The fraction of sp³-hybridized carbons (Fsp3) is 0.200. The lowest BCUT2D eigenvalue weighted by Gasteiger charge is -2.30. The number of carbonyl (C=O) groups is 2. The van der Waals surface area contributed by atoms with Gasteiger partial charge >= 0.3 is 11.9 Å². The number of hydrogen-bond acceptors (Lipinski definition) is 8. The molecular formula is C35H31N3O6. The maximum absolute atomic E-state index is 12.5. The van der Waals surface area contributed by atoms with Crippen LogP contribution < -0.4 is 0 Å². The molecule has 0 bridgehead atoms. The van der Waals surface area contributed by atoms with E-state index in [2.05, 4.69) is 24.2 Å². The van der Waals surface area contributed by atoms with Gasteiger partial charge in [-0.1, -0.05) is 72.7 Å². The molecule has 0 heterocycles. The summed E-state index contributed by atoms with van der Waals surface area (Å²) in [7, 11) is 0. The molecule has 5 rings (SSSR count). The van der Waals surface area contributed by atoms with Crippen molar-refractivity contribution < 1.29 is 24.2 Å². The molecule has 0 unspecified atom stereocenters. The average molecular weight is 590 g/mol. The van der Waals surface area contributed by atoms with Crippen LogP contribution in [0.25, 0.3) is 11.1 Å². The van der Waals surface area contributed by atoms with Gasteiger partial charge in [0.25, 0.3) is 5.69 Å². The van der Waals surface area contributed by atoms with Gasteiger partial charge in [0.1, 0.15) is 0 Å². The second-order valence-electron chi connectivity index (χ2n) is 10.6. The van der Waals surface area contributed by atoms with E-state index in [9.17, 15) is 19.7 Å². The molecular weight excluding hydrogens is 558 g/mol. The van der Waals surface area contributed by atoms with Crippen LogP contribution in [0.5, 0.6) is 0 Å². The van der Waals surface area contributed by atoms with Crippen molar-refractivity contribution in [3.8, 4) is 11.1 Å². The van der Waals surface area contributed by atoms with Crippen LogP contribution in [-0.4, -0.2) is 28.3 Å². The second-order valence-corrected chi connectivity index (χ2v) is 10.6. The molecule has 4 aromatic rings. The number of hydrogen-bond donors (Lipinski definition) is 0. The van der Waals surface area contributed by atoms with Crippen LogP contribution >= 0.6 is 0 Å². The summed E-state index contributed by atoms with van der Waals surface area (Å²) in [5.41, 5.74) is 5.27. The van der Waals surface area contributed by atoms with E-state index >= 15 is 0 Å². The van der Waals surface area contributed by atoms with E-state index in [0.717, 1.165) is 22.3 Å². The Balaban J connectivity index is 1.53. The predicted molar refractivity (Wildman–Crippen MR) is 168 cm³/mol. The van der Waals surface area contributed by atoms with E-state index < -0.39 is 17.4 Å². The number of benzene rings is 4. The number of carbonyl (C=O) groups excluding carboxylic acids is 2. The minimum atomic E-state index is -0.622. The van der Waals surface area contributed by atoms with E-state index in [1.165, 1.54) is 6.07 Å². The molecule has 0 fully saturated rings. The Kier molecular flexibility index (Phi) is 8.48. The first-order chi connectivity index (χ1) is 21.2. The fourth-order valence-electron chi connectivity index (χ4n) is 5.76. The molecule has 0 aliphatic heterocycles. The van der Waals surface area contributed by atoms with Gasteiger partial charge in [0.15, 0.2) is 0 Å². The number of nitro benzene ring substituents is 1. The topological polar surface area (TPSA) is 120 Å². The first kappa shape index (κ1) is 30.0. The highest BCUT2D eigenvalue weighted by Gasteiger charge is 2.44. The average Bonchev–Trinajstić information content (AvgIpc) is 3.35. The Hall–Kier alpha value is -5.44. The zero-order chi connectivity index (χ0) is 31.4. The molecule has 0 amide bonds. The summed E-state index contributed by atoms with van der Waals surface area (Å²) in [6.45, 7) is 7.51. The van der Waals surface area contributed by atoms with Gasteiger partial charge in [0.05, 0.1) is 33.0 Å². The fourth-order valence-corrected chi connectivity index (χ4v) is 5.76. The molecule has 9 nitrogen and oxygen atoms in total. The number of fused-ring (bicyclic) bond motifs is 3. The number of nitro groups is 1. The summed E-state index contributed by atoms with van der Waals surface area (Å²) in [5.74, 6) is -1.19. The molecule has 4 aromatic carbocycles. The van der Waals surface area contributed by atoms with Gasteiger partial charge in [-0.2, -0.15) is 0 Å². The maximum Gasteiger partial charge on any atom is 0.365 e. The number of oxime groups is 2. The second kappa shape index (κ2) is 12.4. The smallest absolute Gasteiger partial charge is 0.313 e. The third-order valence-electron chi connectivity index (χ3n) is 8.23. The molecule has 0 saturated carbocycles. The number of rotatable bonds is 9. The SMILES string of the molecule is CCC1(CC)c2cc(/C(C)=N/OC(=O)c3ccccc3)ccc2-c2c([N+](=O)[O-])cc(/C(C)=N/OC(=O)c3ccccc3)cc21. The van der Waals surface area contributed by atoms with Crippen molar-refractivity contribution in [2.75, 3.05) is 0 Å². The van der Waals surface area contributed by atoms with Crippen molar-refractivity contribution in [1.29, 1.82) is 0 Å². The van der Waals surface area contributed by atoms with Crippen molar-refractivity contribution in [3.05, 3.63) is 134 Å². The van der Waals surface area contributed by atoms with Crippen LogP contribution in [0.3, 0.4) is 0 Å². The summed E-state index contributed by atoms with van der Waals surface area (Å²) < 4.78 is 0. The van der Waals surface area contributed by atoms with Crippen molar-refractivity contribution in [2.45, 2.75) is 46.0 Å². The quantitative estimate of drug-likeness (QED) is 0.0849. The lowest BCUT2D eigenvalue weighted by molar-refractivity contribution is -0.384. The van der Waals surface area contributed by atoms with Gasteiger partial charge < -0.3 is 9.68 Å². The van der Waals surface area contributed by atoms with Crippen molar-refractivity contribution in [2.24, 2.45) is 10.3 Å². The van der Waals surface area contributed by atoms with Crippen LogP contribution in [0.2, 0.25) is 0 Å². The number of nitrogens with zero attached hydrogens (tertiary/aromatic N) is 3. The highest BCUT2D eigenvalue weighted by molar-refractivity contribution is 6.04. The highest BCUT2D eigenvalue weighted by Crippen LogP contribution is 2.56. The molecule has 0 atom stereocenters. The van der Waals surface area contributed by atoms with Crippen molar-refractivity contribution in [1.82, 2.24) is 0 Å². The van der Waals surface area contributed by atoms with Gasteiger partial charge in [-0.3, -0.25) is 10.1 Å². The van der Waals surface area contributed by atoms with Crippen LogP contribution in [0.1, 0.15) is 83.5 Å². The summed E-state index contributed by atoms with van der Waals surface area (Å²) in [6, 6.07) is 26.1. The molecule has 0 aromatic heterocycles. The lowest BCUT2D eigenvalue weighted by atomic mass is 9.73. The van der Waals surface area contributed by atoms with Crippen molar-refractivity contribution >= 4 is 29.0 Å². The zero-order valence-corrected chi connectivity index (χ0v) is 24.9. The maximum atomic E-state index is 12.5. The largest absolute Gasteiger partial charge is 0.365 e. The van der Waals surface area contributed by atoms with Crippen molar-refractivity contribution in [3.63, 3.8) is 0 Å². The van der Waals surface area contributed by atoms with Gasteiger partial charge in [-0.15, -0.1) is 0 Å². The van der Waals surface area contributed by atoms with Crippen LogP contribution in [-0.2, 0) is 15.1 Å². The Bertz CT molecular complexity index is 1810. The predicted octanol–water partition coefficient (Wildman–Crippen LogP) is 7.84. The molecule has 0 N–H and O–H groups in total. The summed E-state index contributed by atoms with van der Waals surface area (Å²) in [5, 5.41) is 20.6. The standard InChI is InChI=1S/C35H31N3O6/c1-5-35(6-2)29-19-26(22(3)36-43-33(39)24-13-9-7-10-14-24)17-18-28(29)32-30(35)20-27(21-31(32)38(41)42)23(4)37-44-34(40)25-15-11-8-12-16-25/h7-21H,5-6H2,1-4H3/b36-22+,37-23+. The molecule has 222 valence electrons. The van der Waals surface area contributed by atoms with Gasteiger partial charge in [-0.05, 0) is 85.3 Å². The van der Waals surface area contributed by atoms with Crippen LogP contribution in [0, 0.1) is 10.1 Å². The summed E-state index contributed by atoms with van der Waals surface area (Å²) >= 11 is 0. The van der Waals surface area contributed by atoms with Crippen LogP contribution in [0.15, 0.2) is 101 Å². The normalized spacial score (nSPS) is 13.5. The molecule has 1 aliphatic carbocycles. The monoisotopic (exact) mass is 589 g/mol. The molecule has 0 saturated heterocycles. The lowest BCUT2D eigenvalue weighted by Crippen LogP contribution is -2.24. The van der Waals surface area contributed by atoms with Gasteiger partial charge in [0, 0.05) is 17.0 Å². The van der Waals surface area contributed by atoms with E-state index in [4.69, 9.17) is 9.68 Å². The van der Waals surface area contributed by atoms with E-state index in [0.29, 0.717) is 46.5 Å². The van der Waals surface area contributed by atoms with Gasteiger partial charge in [-0.25, -0.2) is 9.59 Å². The Morgan fingerprint density at radius 3 is 1.70 bits per heavy atom. The summed E-state index contributed by atoms with van der Waals surface area (Å²) in [6.07, 6.45) is 1.35. The molecule has 0 spiro atoms. The highest BCUT2D eigenvalue weighted by atomic mass is 16.7. The third kappa shape index (κ3) is 5.51. The Morgan fingerprint density at radius 2 is 1.20 bits per heavy atom. The molecule has 9 heteroatoms. The van der Waals surface area contributed by atoms with E-state index in [-0.39, 0.29) is 10.6 Å². The van der Waals surface area contributed by atoms with E-state index in [1.807, 2.05) is 30.3 Å². The van der Waals surface area contributed by atoms with Gasteiger partial charge in [0.2, 0.25) is 0 Å². The first-order valence-corrected chi connectivity index (χ1v) is 14.3. The Labute approximate surface area is 255 Å². The minimum absolute atomic E-state index is 0.0543. The molecule has 44 heavy (non-hydrogen) atoms.